The molecule has 2 atom stereocenters. The molecule has 2 unspecified atom stereocenters. The molecule has 1 aromatic carbocycles. The van der Waals surface area contributed by atoms with Gasteiger partial charge in [-0.25, -0.2) is 0 Å². The summed E-state index contributed by atoms with van der Waals surface area (Å²) in [5.74, 6) is 0.809. The molecule has 0 aliphatic heterocycles. The number of hydrogen-bond acceptors (Lipinski definition) is 2. The number of nitrogens with zero attached hydrogens (tertiary/aromatic N) is 1. The van der Waals surface area contributed by atoms with Gasteiger partial charge in [0.1, 0.15) is 0 Å². The van der Waals surface area contributed by atoms with Gasteiger partial charge in [-0.15, -0.1) is 0 Å². The van der Waals surface area contributed by atoms with Gasteiger partial charge in [0.05, 0.1) is 0 Å². The van der Waals surface area contributed by atoms with Crippen LogP contribution in [0.15, 0.2) is 24.3 Å². The minimum Gasteiger partial charge on any atom is -0.378 e. The maximum Gasteiger partial charge on any atom is 0.0361 e. The normalized spacial score (nSPS) is 14.3. The molecule has 2 nitrogen and oxygen atoms in total. The van der Waals surface area contributed by atoms with Crippen molar-refractivity contribution in [2.45, 2.75) is 46.2 Å². The molecule has 0 spiro atoms. The first kappa shape index (κ1) is 15.0. The van der Waals surface area contributed by atoms with Crippen molar-refractivity contribution in [2.24, 2.45) is 5.92 Å². The largest absolute Gasteiger partial charge is 0.378 e. The van der Waals surface area contributed by atoms with Crippen molar-refractivity contribution < 1.29 is 0 Å². The van der Waals surface area contributed by atoms with Crippen LogP contribution in [0.2, 0.25) is 0 Å². The zero-order valence-electron chi connectivity index (χ0n) is 12.5. The minimum atomic E-state index is 0.591. The fourth-order valence-corrected chi connectivity index (χ4v) is 2.06. The van der Waals surface area contributed by atoms with E-state index in [2.05, 4.69) is 69.3 Å². The molecule has 0 bridgehead atoms. The van der Waals surface area contributed by atoms with E-state index in [-0.39, 0.29) is 0 Å². The van der Waals surface area contributed by atoms with Crippen molar-refractivity contribution in [1.29, 1.82) is 0 Å². The Balaban J connectivity index is 2.39. The highest BCUT2D eigenvalue weighted by Gasteiger charge is 2.06. The summed E-state index contributed by atoms with van der Waals surface area (Å²) in [4.78, 5) is 2.13. The quantitative estimate of drug-likeness (QED) is 0.792. The van der Waals surface area contributed by atoms with Gasteiger partial charge in [-0.3, -0.25) is 0 Å². The molecule has 0 aliphatic carbocycles. The van der Waals surface area contributed by atoms with Crippen LogP contribution in [0.4, 0.5) is 5.69 Å². The van der Waals surface area contributed by atoms with Gasteiger partial charge in [-0.05, 0) is 37.0 Å². The van der Waals surface area contributed by atoms with Crippen molar-refractivity contribution in [1.82, 2.24) is 5.32 Å². The lowest BCUT2D eigenvalue weighted by atomic mass is 10.0. The van der Waals surface area contributed by atoms with Crippen molar-refractivity contribution in [3.8, 4) is 0 Å². The third-order valence-corrected chi connectivity index (χ3v) is 3.56. The molecular formula is C16H28N2. The molecule has 0 saturated carbocycles. The van der Waals surface area contributed by atoms with E-state index in [0.29, 0.717) is 6.04 Å². The third-order valence-electron chi connectivity index (χ3n) is 3.56. The third kappa shape index (κ3) is 5.09. The first-order valence-electron chi connectivity index (χ1n) is 7.02. The first-order valence-corrected chi connectivity index (χ1v) is 7.02. The Hall–Kier alpha value is -1.02. The zero-order valence-corrected chi connectivity index (χ0v) is 12.5. The predicted molar refractivity (Wildman–Crippen MR) is 81.1 cm³/mol. The molecule has 0 heterocycles. The van der Waals surface area contributed by atoms with Gasteiger partial charge in [-0.2, -0.15) is 0 Å². The van der Waals surface area contributed by atoms with Gasteiger partial charge in [-0.1, -0.05) is 32.4 Å². The number of hydrogen-bond donors (Lipinski definition) is 1. The van der Waals surface area contributed by atoms with Gasteiger partial charge < -0.3 is 10.2 Å². The Kier molecular flexibility index (Phi) is 6.20. The second-order valence-electron chi connectivity index (χ2n) is 5.59. The highest BCUT2D eigenvalue weighted by atomic mass is 15.1. The smallest absolute Gasteiger partial charge is 0.0361 e. The van der Waals surface area contributed by atoms with Gasteiger partial charge in [0.2, 0.25) is 0 Å². The summed E-state index contributed by atoms with van der Waals surface area (Å²) in [5.41, 5.74) is 2.61. The number of rotatable bonds is 7. The average molecular weight is 248 g/mol. The summed E-state index contributed by atoms with van der Waals surface area (Å²) in [7, 11) is 4.14. The van der Waals surface area contributed by atoms with Crippen LogP contribution in [0.1, 0.15) is 39.2 Å². The van der Waals surface area contributed by atoms with Crippen LogP contribution in [0.5, 0.6) is 0 Å². The maximum absolute atomic E-state index is 3.60. The second-order valence-corrected chi connectivity index (χ2v) is 5.59. The summed E-state index contributed by atoms with van der Waals surface area (Å²) >= 11 is 0. The van der Waals surface area contributed by atoms with E-state index < -0.39 is 0 Å². The van der Waals surface area contributed by atoms with Crippen LogP contribution < -0.4 is 10.2 Å². The molecule has 2 heteroatoms. The van der Waals surface area contributed by atoms with Gasteiger partial charge in [0.25, 0.3) is 0 Å². The fraction of sp³-hybridized carbons (Fsp3) is 0.625. The van der Waals surface area contributed by atoms with E-state index in [4.69, 9.17) is 0 Å². The monoisotopic (exact) mass is 248 g/mol. The van der Waals surface area contributed by atoms with Crippen molar-refractivity contribution >= 4 is 5.69 Å². The van der Waals surface area contributed by atoms with E-state index in [1.165, 1.54) is 24.1 Å². The lowest BCUT2D eigenvalue weighted by Gasteiger charge is -2.18. The molecule has 18 heavy (non-hydrogen) atoms. The van der Waals surface area contributed by atoms with E-state index >= 15 is 0 Å². The fourth-order valence-electron chi connectivity index (χ4n) is 2.06. The van der Waals surface area contributed by atoms with Gasteiger partial charge in [0.15, 0.2) is 0 Å². The summed E-state index contributed by atoms with van der Waals surface area (Å²) in [5, 5.41) is 3.60. The summed E-state index contributed by atoms with van der Waals surface area (Å²) in [6.45, 7) is 7.83. The summed E-state index contributed by atoms with van der Waals surface area (Å²) < 4.78 is 0. The highest BCUT2D eigenvalue weighted by Crippen LogP contribution is 2.13. The van der Waals surface area contributed by atoms with Crippen LogP contribution in [-0.2, 0) is 6.54 Å². The number of benzene rings is 1. The Labute approximate surface area is 112 Å². The standard InChI is InChI=1S/C16H28N2/c1-6-13(2)11-14(3)17-12-15-7-9-16(10-8-15)18(4)5/h7-10,13-14,17H,6,11-12H2,1-5H3. The summed E-state index contributed by atoms with van der Waals surface area (Å²) in [6, 6.07) is 9.36. The van der Waals surface area contributed by atoms with Crippen LogP contribution in [0, 0.1) is 5.92 Å². The topological polar surface area (TPSA) is 15.3 Å². The molecule has 0 fully saturated rings. The lowest BCUT2D eigenvalue weighted by molar-refractivity contribution is 0.412. The van der Waals surface area contributed by atoms with Crippen LogP contribution >= 0.6 is 0 Å². The van der Waals surface area contributed by atoms with Crippen LogP contribution in [0.3, 0.4) is 0 Å². The van der Waals surface area contributed by atoms with E-state index in [1.54, 1.807) is 0 Å². The van der Waals surface area contributed by atoms with Crippen molar-refractivity contribution in [2.75, 3.05) is 19.0 Å². The Morgan fingerprint density at radius 2 is 1.72 bits per heavy atom. The van der Waals surface area contributed by atoms with Gasteiger partial charge >= 0.3 is 0 Å². The SMILES string of the molecule is CCC(C)CC(C)NCc1ccc(N(C)C)cc1. The molecule has 102 valence electrons. The van der Waals surface area contributed by atoms with Crippen molar-refractivity contribution in [3.05, 3.63) is 29.8 Å². The van der Waals surface area contributed by atoms with E-state index in [0.717, 1.165) is 12.5 Å². The number of anilines is 1. The minimum absolute atomic E-state index is 0.591. The Bertz CT molecular complexity index is 329. The molecule has 0 saturated heterocycles. The zero-order chi connectivity index (χ0) is 13.5. The van der Waals surface area contributed by atoms with E-state index in [9.17, 15) is 0 Å². The Morgan fingerprint density at radius 3 is 2.22 bits per heavy atom. The van der Waals surface area contributed by atoms with Gasteiger partial charge in [0, 0.05) is 32.4 Å². The molecule has 1 aromatic rings. The molecular weight excluding hydrogens is 220 g/mol. The second kappa shape index (κ2) is 7.42. The van der Waals surface area contributed by atoms with Crippen molar-refractivity contribution in [3.63, 3.8) is 0 Å². The van der Waals surface area contributed by atoms with Crippen LogP contribution in [-0.4, -0.2) is 20.1 Å². The molecule has 0 amide bonds. The molecule has 0 aromatic heterocycles. The highest BCUT2D eigenvalue weighted by molar-refractivity contribution is 5.45. The lowest BCUT2D eigenvalue weighted by Crippen LogP contribution is -2.27. The molecule has 0 aliphatic rings. The Morgan fingerprint density at radius 1 is 1.11 bits per heavy atom. The average Bonchev–Trinajstić information content (AvgIpc) is 2.36. The van der Waals surface area contributed by atoms with Crippen LogP contribution in [0.25, 0.3) is 0 Å². The molecule has 0 radical (unpaired) electrons. The molecule has 1 N–H and O–H groups in total. The molecule has 1 rings (SSSR count). The predicted octanol–water partition coefficient (Wildman–Crippen LogP) is 3.67. The maximum atomic E-state index is 3.60. The first-order chi connectivity index (χ1) is 8.52. The number of nitrogens with one attached hydrogen (secondary N) is 1. The van der Waals surface area contributed by atoms with E-state index in [1.807, 2.05) is 0 Å². The summed E-state index contributed by atoms with van der Waals surface area (Å²) in [6.07, 6.45) is 2.52.